The molecule has 1 aliphatic heterocycles. The molecule has 0 spiro atoms. The molecule has 0 bridgehead atoms. The van der Waals surface area contributed by atoms with Crippen molar-refractivity contribution in [3.63, 3.8) is 0 Å². The van der Waals surface area contributed by atoms with Crippen LogP contribution >= 0.6 is 0 Å². The highest BCUT2D eigenvalue weighted by molar-refractivity contribution is 5.92. The fourth-order valence-corrected chi connectivity index (χ4v) is 3.22. The van der Waals surface area contributed by atoms with Crippen molar-refractivity contribution in [3.8, 4) is 0 Å². The number of amides is 1. The van der Waals surface area contributed by atoms with Crippen molar-refractivity contribution in [1.29, 1.82) is 0 Å². The maximum atomic E-state index is 12.6. The van der Waals surface area contributed by atoms with Crippen LogP contribution in [0.5, 0.6) is 0 Å². The van der Waals surface area contributed by atoms with Crippen LogP contribution in [0.25, 0.3) is 0 Å². The van der Waals surface area contributed by atoms with Gasteiger partial charge in [0.2, 0.25) is 0 Å². The first-order chi connectivity index (χ1) is 14.5. The number of piperazine rings is 1. The van der Waals surface area contributed by atoms with Crippen LogP contribution < -0.4 is 15.8 Å². The van der Waals surface area contributed by atoms with E-state index in [1.54, 1.807) is 4.90 Å². The number of aromatic nitrogens is 5. The van der Waals surface area contributed by atoms with Crippen molar-refractivity contribution in [1.82, 2.24) is 29.9 Å². The van der Waals surface area contributed by atoms with Gasteiger partial charge in [-0.2, -0.15) is 5.10 Å². The molecule has 10 heteroatoms. The summed E-state index contributed by atoms with van der Waals surface area (Å²) in [6.07, 6.45) is 0. The van der Waals surface area contributed by atoms with E-state index in [0.29, 0.717) is 32.0 Å². The number of pyridine rings is 1. The van der Waals surface area contributed by atoms with Gasteiger partial charge in [-0.25, -0.2) is 9.67 Å². The SMILES string of the molecule is Cc1cccc(Nc2ccc(N3CCN(C(=O)c4ccc(=O)n(C)n4)CC3)nn2)n1. The Kier molecular flexibility index (Phi) is 5.38. The van der Waals surface area contributed by atoms with E-state index in [0.717, 1.165) is 17.3 Å². The lowest BCUT2D eigenvalue weighted by Gasteiger charge is -2.35. The summed E-state index contributed by atoms with van der Waals surface area (Å²) in [5.74, 6) is 1.91. The number of aryl methyl sites for hydroxylation is 2. The summed E-state index contributed by atoms with van der Waals surface area (Å²) >= 11 is 0. The van der Waals surface area contributed by atoms with Gasteiger partial charge < -0.3 is 15.1 Å². The Labute approximate surface area is 173 Å². The van der Waals surface area contributed by atoms with Gasteiger partial charge >= 0.3 is 0 Å². The molecule has 1 saturated heterocycles. The molecule has 0 aliphatic carbocycles. The summed E-state index contributed by atoms with van der Waals surface area (Å²) in [4.78, 5) is 32.3. The molecule has 10 nitrogen and oxygen atoms in total. The van der Waals surface area contributed by atoms with E-state index in [4.69, 9.17) is 0 Å². The number of anilines is 3. The summed E-state index contributed by atoms with van der Waals surface area (Å²) < 4.78 is 1.17. The van der Waals surface area contributed by atoms with Crippen molar-refractivity contribution in [2.45, 2.75) is 6.92 Å². The summed E-state index contributed by atoms with van der Waals surface area (Å²) in [5.41, 5.74) is 0.946. The molecule has 30 heavy (non-hydrogen) atoms. The first kappa shape index (κ1) is 19.5. The van der Waals surface area contributed by atoms with E-state index < -0.39 is 0 Å². The van der Waals surface area contributed by atoms with Gasteiger partial charge in [0.1, 0.15) is 11.5 Å². The van der Waals surface area contributed by atoms with E-state index in [1.165, 1.54) is 23.9 Å². The van der Waals surface area contributed by atoms with Crippen LogP contribution in [-0.2, 0) is 7.05 Å². The summed E-state index contributed by atoms with van der Waals surface area (Å²) in [5, 5.41) is 15.7. The molecule has 4 heterocycles. The highest BCUT2D eigenvalue weighted by atomic mass is 16.2. The molecule has 0 aromatic carbocycles. The Morgan fingerprint density at radius 2 is 1.77 bits per heavy atom. The fourth-order valence-electron chi connectivity index (χ4n) is 3.22. The predicted molar refractivity (Wildman–Crippen MR) is 112 cm³/mol. The van der Waals surface area contributed by atoms with E-state index in [2.05, 4.69) is 30.5 Å². The second kappa shape index (κ2) is 8.27. The lowest BCUT2D eigenvalue weighted by molar-refractivity contribution is 0.0738. The van der Waals surface area contributed by atoms with E-state index in [-0.39, 0.29) is 17.2 Å². The van der Waals surface area contributed by atoms with Crippen molar-refractivity contribution >= 4 is 23.4 Å². The quantitative estimate of drug-likeness (QED) is 0.683. The van der Waals surface area contributed by atoms with Gasteiger partial charge in [-0.1, -0.05) is 6.07 Å². The zero-order valence-corrected chi connectivity index (χ0v) is 16.8. The second-order valence-electron chi connectivity index (χ2n) is 7.03. The minimum atomic E-state index is -0.244. The fraction of sp³-hybridized carbons (Fsp3) is 0.300. The third-order valence-corrected chi connectivity index (χ3v) is 4.87. The highest BCUT2D eigenvalue weighted by Gasteiger charge is 2.24. The Balaban J connectivity index is 1.36. The Morgan fingerprint density at radius 1 is 0.967 bits per heavy atom. The number of nitrogens with one attached hydrogen (secondary N) is 1. The number of hydrogen-bond acceptors (Lipinski definition) is 8. The average Bonchev–Trinajstić information content (AvgIpc) is 2.76. The normalized spacial score (nSPS) is 13.9. The van der Waals surface area contributed by atoms with Gasteiger partial charge in [0, 0.05) is 45.0 Å². The van der Waals surface area contributed by atoms with Crippen molar-refractivity contribution in [3.05, 3.63) is 64.2 Å². The van der Waals surface area contributed by atoms with Gasteiger partial charge in [-0.3, -0.25) is 9.59 Å². The van der Waals surface area contributed by atoms with Crippen LogP contribution in [0.4, 0.5) is 17.5 Å². The number of hydrogen-bond donors (Lipinski definition) is 1. The molecule has 154 valence electrons. The molecule has 3 aromatic heterocycles. The molecule has 3 aromatic rings. The molecule has 1 aliphatic rings. The van der Waals surface area contributed by atoms with Gasteiger partial charge in [-0.05, 0) is 37.3 Å². The maximum absolute atomic E-state index is 12.6. The zero-order valence-electron chi connectivity index (χ0n) is 16.8. The molecule has 4 rings (SSSR count). The van der Waals surface area contributed by atoms with Gasteiger partial charge in [0.25, 0.3) is 11.5 Å². The molecule has 0 radical (unpaired) electrons. The molecule has 1 fully saturated rings. The van der Waals surface area contributed by atoms with E-state index >= 15 is 0 Å². The highest BCUT2D eigenvalue weighted by Crippen LogP contribution is 2.17. The van der Waals surface area contributed by atoms with Gasteiger partial charge in [0.05, 0.1) is 0 Å². The average molecular weight is 406 g/mol. The first-order valence-corrected chi connectivity index (χ1v) is 9.62. The van der Waals surface area contributed by atoms with Crippen LogP contribution in [0.2, 0.25) is 0 Å². The van der Waals surface area contributed by atoms with Crippen LogP contribution in [-0.4, -0.2) is 61.9 Å². The molecule has 0 atom stereocenters. The molecule has 0 unspecified atom stereocenters. The van der Waals surface area contributed by atoms with Crippen molar-refractivity contribution in [2.75, 3.05) is 36.4 Å². The predicted octanol–water partition coefficient (Wildman–Crippen LogP) is 0.980. The first-order valence-electron chi connectivity index (χ1n) is 9.62. The zero-order chi connectivity index (χ0) is 21.1. The van der Waals surface area contributed by atoms with Crippen LogP contribution in [0, 0.1) is 6.92 Å². The Hall–Kier alpha value is -3.82. The largest absolute Gasteiger partial charge is 0.352 e. The standard InChI is InChI=1S/C20H22N8O2/c1-14-4-3-5-16(21-14)22-17-7-8-18(24-23-17)27-10-12-28(13-11-27)20(30)15-6-9-19(29)26(2)25-15/h3-9H,10-13H2,1-2H3,(H,21,22,23). The van der Waals surface area contributed by atoms with Crippen LogP contribution in [0.1, 0.15) is 16.2 Å². The lowest BCUT2D eigenvalue weighted by atomic mass is 10.2. The van der Waals surface area contributed by atoms with E-state index in [9.17, 15) is 9.59 Å². The third-order valence-electron chi connectivity index (χ3n) is 4.87. The number of carbonyl (C=O) groups is 1. The molecular formula is C20H22N8O2. The summed E-state index contributed by atoms with van der Waals surface area (Å²) in [6, 6.07) is 12.3. The lowest BCUT2D eigenvalue weighted by Crippen LogP contribution is -2.49. The Morgan fingerprint density at radius 3 is 2.43 bits per heavy atom. The van der Waals surface area contributed by atoms with Crippen LogP contribution in [0.3, 0.4) is 0 Å². The number of carbonyl (C=O) groups excluding carboxylic acids is 1. The van der Waals surface area contributed by atoms with Gasteiger partial charge in [-0.15, -0.1) is 10.2 Å². The monoisotopic (exact) mass is 406 g/mol. The summed E-state index contributed by atoms with van der Waals surface area (Å²) in [6.45, 7) is 4.28. The number of nitrogens with zero attached hydrogens (tertiary/aromatic N) is 7. The minimum Gasteiger partial charge on any atom is -0.352 e. The van der Waals surface area contributed by atoms with Crippen molar-refractivity contribution in [2.24, 2.45) is 7.05 Å². The Bertz CT molecular complexity index is 1100. The smallest absolute Gasteiger partial charge is 0.274 e. The van der Waals surface area contributed by atoms with Crippen molar-refractivity contribution < 1.29 is 4.79 Å². The van der Waals surface area contributed by atoms with Gasteiger partial charge in [0.15, 0.2) is 11.6 Å². The number of rotatable bonds is 4. The topological polar surface area (TPSA) is 109 Å². The molecular weight excluding hydrogens is 384 g/mol. The third kappa shape index (κ3) is 4.27. The van der Waals surface area contributed by atoms with E-state index in [1.807, 2.05) is 37.3 Å². The molecule has 0 saturated carbocycles. The summed E-state index contributed by atoms with van der Waals surface area (Å²) in [7, 11) is 1.53. The molecule has 1 N–H and O–H groups in total. The second-order valence-corrected chi connectivity index (χ2v) is 7.03. The maximum Gasteiger partial charge on any atom is 0.274 e. The molecule has 1 amide bonds. The van der Waals surface area contributed by atoms with Crippen LogP contribution in [0.15, 0.2) is 47.3 Å². The minimum absolute atomic E-state index is 0.179.